The molecule has 0 fully saturated rings. The molecule has 0 amide bonds. The lowest BCUT2D eigenvalue weighted by molar-refractivity contribution is -0.138. The summed E-state index contributed by atoms with van der Waals surface area (Å²) in [7, 11) is 1.19. The minimum absolute atomic E-state index is 0.0976. The van der Waals surface area contributed by atoms with Gasteiger partial charge in [-0.2, -0.15) is 13.2 Å². The molecule has 2 nitrogen and oxygen atoms in total. The van der Waals surface area contributed by atoms with Crippen LogP contribution in [0.1, 0.15) is 41.3 Å². The highest BCUT2D eigenvalue weighted by Gasteiger charge is 2.34. The summed E-state index contributed by atoms with van der Waals surface area (Å²) in [6.07, 6.45) is -4.41. The fourth-order valence-electron chi connectivity index (χ4n) is 1.54. The quantitative estimate of drug-likeness (QED) is 0.745. The van der Waals surface area contributed by atoms with Gasteiger partial charge in [0.1, 0.15) is 0 Å². The van der Waals surface area contributed by atoms with Crippen LogP contribution in [0, 0.1) is 0 Å². The highest BCUT2D eigenvalue weighted by molar-refractivity contribution is 5.89. The molecule has 0 aliphatic heterocycles. The van der Waals surface area contributed by atoms with Crippen molar-refractivity contribution in [3.05, 3.63) is 34.9 Å². The van der Waals surface area contributed by atoms with Gasteiger partial charge in [-0.25, -0.2) is 4.79 Å². The number of alkyl halides is 3. The van der Waals surface area contributed by atoms with Crippen molar-refractivity contribution in [2.45, 2.75) is 25.9 Å². The Hall–Kier alpha value is -1.52. The monoisotopic (exact) mass is 246 g/mol. The Balaban J connectivity index is 3.32. The Morgan fingerprint density at radius 3 is 2.29 bits per heavy atom. The van der Waals surface area contributed by atoms with E-state index < -0.39 is 17.7 Å². The highest BCUT2D eigenvalue weighted by atomic mass is 19.4. The first-order valence-corrected chi connectivity index (χ1v) is 5.06. The van der Waals surface area contributed by atoms with Crippen LogP contribution in [0.4, 0.5) is 13.2 Å². The number of methoxy groups -OCH3 is 1. The Bertz CT molecular complexity index is 422. The summed E-state index contributed by atoms with van der Waals surface area (Å²) in [5.74, 6) is -0.961. The molecule has 0 bridgehead atoms. The van der Waals surface area contributed by atoms with Crippen molar-refractivity contribution >= 4 is 5.97 Å². The zero-order valence-corrected chi connectivity index (χ0v) is 9.76. The lowest BCUT2D eigenvalue weighted by atomic mass is 9.94. The number of rotatable bonds is 2. The molecule has 0 aliphatic rings. The van der Waals surface area contributed by atoms with Gasteiger partial charge in [-0.1, -0.05) is 13.8 Å². The number of hydrogen-bond donors (Lipinski definition) is 0. The third-order valence-electron chi connectivity index (χ3n) is 2.40. The maximum Gasteiger partial charge on any atom is 0.416 e. The van der Waals surface area contributed by atoms with E-state index in [1.165, 1.54) is 13.2 Å². The maximum absolute atomic E-state index is 12.7. The smallest absolute Gasteiger partial charge is 0.416 e. The number of esters is 1. The molecule has 0 unspecified atom stereocenters. The van der Waals surface area contributed by atoms with Gasteiger partial charge in [0.2, 0.25) is 0 Å². The summed E-state index contributed by atoms with van der Waals surface area (Å²) in [6, 6.07) is 3.28. The zero-order valence-electron chi connectivity index (χ0n) is 9.76. The van der Waals surface area contributed by atoms with Gasteiger partial charge < -0.3 is 4.74 Å². The van der Waals surface area contributed by atoms with Crippen LogP contribution >= 0.6 is 0 Å². The second-order valence-corrected chi connectivity index (χ2v) is 3.95. The molecule has 0 heterocycles. The molecule has 0 N–H and O–H groups in total. The topological polar surface area (TPSA) is 26.3 Å². The van der Waals surface area contributed by atoms with Crippen LogP contribution in [0.25, 0.3) is 0 Å². The molecule has 1 rings (SSSR count). The van der Waals surface area contributed by atoms with E-state index in [2.05, 4.69) is 4.74 Å². The van der Waals surface area contributed by atoms with Gasteiger partial charge in [0.25, 0.3) is 0 Å². The predicted molar refractivity (Wildman–Crippen MR) is 56.9 cm³/mol. The second kappa shape index (κ2) is 4.77. The Labute approximate surface area is 97.4 Å². The van der Waals surface area contributed by atoms with E-state index in [4.69, 9.17) is 0 Å². The van der Waals surface area contributed by atoms with Crippen molar-refractivity contribution in [2.75, 3.05) is 7.11 Å². The molecule has 1 aromatic rings. The first-order valence-electron chi connectivity index (χ1n) is 5.06. The first kappa shape index (κ1) is 13.5. The molecule has 1 aromatic carbocycles. The minimum Gasteiger partial charge on any atom is -0.465 e. The van der Waals surface area contributed by atoms with Gasteiger partial charge in [0, 0.05) is 0 Å². The summed E-state index contributed by atoms with van der Waals surface area (Å²) in [4.78, 5) is 11.2. The van der Waals surface area contributed by atoms with Gasteiger partial charge in [-0.05, 0) is 29.7 Å². The normalized spacial score (nSPS) is 11.7. The van der Waals surface area contributed by atoms with E-state index >= 15 is 0 Å². The van der Waals surface area contributed by atoms with Crippen molar-refractivity contribution < 1.29 is 22.7 Å². The van der Waals surface area contributed by atoms with Crippen LogP contribution in [0.2, 0.25) is 0 Å². The van der Waals surface area contributed by atoms with E-state index in [0.717, 1.165) is 12.1 Å². The van der Waals surface area contributed by atoms with Crippen LogP contribution in [0.5, 0.6) is 0 Å². The number of benzene rings is 1. The number of ether oxygens (including phenoxy) is 1. The van der Waals surface area contributed by atoms with Crippen molar-refractivity contribution in [1.82, 2.24) is 0 Å². The Morgan fingerprint density at radius 1 is 1.29 bits per heavy atom. The third-order valence-corrected chi connectivity index (χ3v) is 2.40. The molecule has 94 valence electrons. The summed E-state index contributed by atoms with van der Waals surface area (Å²) < 4.78 is 42.6. The molecule has 0 atom stereocenters. The number of carbonyl (C=O) groups is 1. The van der Waals surface area contributed by atoms with Gasteiger partial charge in [0.05, 0.1) is 18.2 Å². The van der Waals surface area contributed by atoms with Crippen LogP contribution in [0.3, 0.4) is 0 Å². The van der Waals surface area contributed by atoms with Crippen molar-refractivity contribution in [3.8, 4) is 0 Å². The zero-order chi connectivity index (χ0) is 13.2. The van der Waals surface area contributed by atoms with Crippen molar-refractivity contribution in [1.29, 1.82) is 0 Å². The molecule has 0 aromatic heterocycles. The lowest BCUT2D eigenvalue weighted by Gasteiger charge is -2.16. The van der Waals surface area contributed by atoms with Crippen molar-refractivity contribution in [3.63, 3.8) is 0 Å². The summed E-state index contributed by atoms with van der Waals surface area (Å²) >= 11 is 0. The molecular formula is C12H13F3O2. The fraction of sp³-hybridized carbons (Fsp3) is 0.417. The van der Waals surface area contributed by atoms with Crippen LogP contribution in [0.15, 0.2) is 18.2 Å². The maximum atomic E-state index is 12.7. The standard InChI is InChI=1S/C12H13F3O2/c1-7(2)9-6-8(11(16)17-3)4-5-10(9)12(13,14)15/h4-7H,1-3H3. The summed E-state index contributed by atoms with van der Waals surface area (Å²) in [6.45, 7) is 3.29. The van der Waals surface area contributed by atoms with E-state index in [1.54, 1.807) is 13.8 Å². The molecule has 0 spiro atoms. The first-order chi connectivity index (χ1) is 7.77. The second-order valence-electron chi connectivity index (χ2n) is 3.95. The van der Waals surface area contributed by atoms with Gasteiger partial charge in [-0.15, -0.1) is 0 Å². The number of hydrogen-bond acceptors (Lipinski definition) is 2. The van der Waals surface area contributed by atoms with Crippen LogP contribution < -0.4 is 0 Å². The molecule has 5 heteroatoms. The summed E-state index contributed by atoms with van der Waals surface area (Å²) in [5.41, 5.74) is -0.482. The van der Waals surface area contributed by atoms with Crippen LogP contribution in [-0.4, -0.2) is 13.1 Å². The molecular weight excluding hydrogens is 233 g/mol. The fourth-order valence-corrected chi connectivity index (χ4v) is 1.54. The molecule has 17 heavy (non-hydrogen) atoms. The Kier molecular flexibility index (Phi) is 3.80. The minimum atomic E-state index is -4.41. The lowest BCUT2D eigenvalue weighted by Crippen LogP contribution is -2.12. The summed E-state index contributed by atoms with van der Waals surface area (Å²) in [5, 5.41) is 0. The van der Waals surface area contributed by atoms with E-state index in [0.29, 0.717) is 0 Å². The van der Waals surface area contributed by atoms with E-state index in [9.17, 15) is 18.0 Å². The average molecular weight is 246 g/mol. The predicted octanol–water partition coefficient (Wildman–Crippen LogP) is 3.62. The number of halogens is 3. The van der Waals surface area contributed by atoms with Gasteiger partial charge in [-0.3, -0.25) is 0 Å². The molecule has 0 radical (unpaired) electrons. The van der Waals surface area contributed by atoms with E-state index in [-0.39, 0.29) is 17.0 Å². The molecule has 0 saturated carbocycles. The van der Waals surface area contributed by atoms with Gasteiger partial charge in [0.15, 0.2) is 0 Å². The number of carbonyl (C=O) groups excluding carboxylic acids is 1. The largest absolute Gasteiger partial charge is 0.465 e. The molecule has 0 saturated heterocycles. The average Bonchev–Trinajstić information content (AvgIpc) is 2.25. The molecule has 0 aliphatic carbocycles. The third kappa shape index (κ3) is 2.99. The van der Waals surface area contributed by atoms with Crippen molar-refractivity contribution in [2.24, 2.45) is 0 Å². The highest BCUT2D eigenvalue weighted by Crippen LogP contribution is 2.35. The van der Waals surface area contributed by atoms with Gasteiger partial charge >= 0.3 is 12.1 Å². The Morgan fingerprint density at radius 2 is 1.88 bits per heavy atom. The SMILES string of the molecule is COC(=O)c1ccc(C(F)(F)F)c(C(C)C)c1. The van der Waals surface area contributed by atoms with Crippen LogP contribution in [-0.2, 0) is 10.9 Å². The van der Waals surface area contributed by atoms with E-state index in [1.807, 2.05) is 0 Å².